The van der Waals surface area contributed by atoms with Crippen LogP contribution in [0.4, 0.5) is 4.39 Å². The van der Waals surface area contributed by atoms with Gasteiger partial charge >= 0.3 is 0 Å². The highest BCUT2D eigenvalue weighted by Gasteiger charge is 2.06. The molecule has 0 aliphatic carbocycles. The lowest BCUT2D eigenvalue weighted by atomic mass is 10.2. The van der Waals surface area contributed by atoms with Gasteiger partial charge in [-0.25, -0.2) is 4.39 Å². The van der Waals surface area contributed by atoms with Gasteiger partial charge in [-0.05, 0) is 36.8 Å². The lowest BCUT2D eigenvalue weighted by molar-refractivity contribution is 0.627. The second-order valence-corrected chi connectivity index (χ2v) is 5.04. The standard InChI is InChI=1S/C14H13FS/c1-11(12-7-9-13(15)10-8-12)16-14-5-3-2-4-6-14/h2-11H,1H3. The molecule has 2 heteroatoms. The lowest BCUT2D eigenvalue weighted by Crippen LogP contribution is -1.88. The van der Waals surface area contributed by atoms with Crippen molar-refractivity contribution in [2.24, 2.45) is 0 Å². The summed E-state index contributed by atoms with van der Waals surface area (Å²) in [5.41, 5.74) is 1.15. The summed E-state index contributed by atoms with van der Waals surface area (Å²) >= 11 is 1.78. The van der Waals surface area contributed by atoms with Gasteiger partial charge < -0.3 is 0 Å². The summed E-state index contributed by atoms with van der Waals surface area (Å²) in [6.45, 7) is 2.13. The van der Waals surface area contributed by atoms with Crippen molar-refractivity contribution in [3.05, 3.63) is 66.0 Å². The fraction of sp³-hybridized carbons (Fsp3) is 0.143. The highest BCUT2D eigenvalue weighted by molar-refractivity contribution is 7.99. The summed E-state index contributed by atoms with van der Waals surface area (Å²) in [6, 6.07) is 16.9. The lowest BCUT2D eigenvalue weighted by Gasteiger charge is -2.11. The smallest absolute Gasteiger partial charge is 0.123 e. The van der Waals surface area contributed by atoms with E-state index in [1.165, 1.54) is 17.0 Å². The molecule has 0 aliphatic heterocycles. The quantitative estimate of drug-likeness (QED) is 0.692. The van der Waals surface area contributed by atoms with Crippen molar-refractivity contribution in [3.63, 3.8) is 0 Å². The van der Waals surface area contributed by atoms with E-state index in [2.05, 4.69) is 19.1 Å². The van der Waals surface area contributed by atoms with Crippen LogP contribution in [0.3, 0.4) is 0 Å². The number of hydrogen-bond acceptors (Lipinski definition) is 1. The van der Waals surface area contributed by atoms with Crippen molar-refractivity contribution < 1.29 is 4.39 Å². The Morgan fingerprint density at radius 3 is 2.19 bits per heavy atom. The van der Waals surface area contributed by atoms with E-state index in [0.29, 0.717) is 5.25 Å². The molecule has 0 saturated heterocycles. The van der Waals surface area contributed by atoms with Crippen LogP contribution in [0.2, 0.25) is 0 Å². The van der Waals surface area contributed by atoms with Crippen molar-refractivity contribution in [2.75, 3.05) is 0 Å². The third kappa shape index (κ3) is 2.86. The molecule has 0 radical (unpaired) electrons. The molecule has 16 heavy (non-hydrogen) atoms. The average Bonchev–Trinajstić information content (AvgIpc) is 2.31. The van der Waals surface area contributed by atoms with E-state index in [1.54, 1.807) is 11.8 Å². The zero-order valence-corrected chi connectivity index (χ0v) is 9.88. The zero-order valence-electron chi connectivity index (χ0n) is 9.06. The first kappa shape index (κ1) is 11.2. The summed E-state index contributed by atoms with van der Waals surface area (Å²) < 4.78 is 12.8. The number of rotatable bonds is 3. The summed E-state index contributed by atoms with van der Waals surface area (Å²) in [5, 5.41) is 0.336. The molecule has 0 N–H and O–H groups in total. The SMILES string of the molecule is CC(Sc1ccccc1)c1ccc(F)cc1. The Hall–Kier alpha value is -1.28. The normalized spacial score (nSPS) is 12.4. The first-order valence-corrected chi connectivity index (χ1v) is 6.11. The van der Waals surface area contributed by atoms with Crippen LogP contribution in [-0.4, -0.2) is 0 Å². The largest absolute Gasteiger partial charge is 0.207 e. The second-order valence-electron chi connectivity index (χ2n) is 3.62. The van der Waals surface area contributed by atoms with Crippen LogP contribution in [0.15, 0.2) is 59.5 Å². The van der Waals surface area contributed by atoms with Crippen molar-refractivity contribution in [2.45, 2.75) is 17.1 Å². The van der Waals surface area contributed by atoms with E-state index in [4.69, 9.17) is 0 Å². The predicted molar refractivity (Wildman–Crippen MR) is 67.1 cm³/mol. The molecule has 1 unspecified atom stereocenters. The van der Waals surface area contributed by atoms with Gasteiger partial charge in [-0.2, -0.15) is 0 Å². The van der Waals surface area contributed by atoms with E-state index >= 15 is 0 Å². The van der Waals surface area contributed by atoms with E-state index in [9.17, 15) is 4.39 Å². The fourth-order valence-electron chi connectivity index (χ4n) is 1.51. The molecule has 0 nitrogen and oxygen atoms in total. The van der Waals surface area contributed by atoms with Crippen molar-refractivity contribution in [3.8, 4) is 0 Å². The third-order valence-electron chi connectivity index (χ3n) is 2.40. The maximum Gasteiger partial charge on any atom is 0.123 e. The molecule has 2 aromatic rings. The maximum absolute atomic E-state index is 12.8. The monoisotopic (exact) mass is 232 g/mol. The molecule has 82 valence electrons. The molecule has 0 aliphatic rings. The maximum atomic E-state index is 12.8. The number of benzene rings is 2. The summed E-state index contributed by atoms with van der Waals surface area (Å²) in [5.74, 6) is -0.180. The molecular formula is C14H13FS. The van der Waals surface area contributed by atoms with Crippen molar-refractivity contribution in [1.29, 1.82) is 0 Å². The Labute approximate surface area is 99.5 Å². The van der Waals surface area contributed by atoms with Gasteiger partial charge in [0.2, 0.25) is 0 Å². The Balaban J connectivity index is 2.09. The number of hydrogen-bond donors (Lipinski definition) is 0. The van der Waals surface area contributed by atoms with Crippen LogP contribution in [0.5, 0.6) is 0 Å². The van der Waals surface area contributed by atoms with E-state index in [-0.39, 0.29) is 5.82 Å². The van der Waals surface area contributed by atoms with Crippen LogP contribution < -0.4 is 0 Å². The highest BCUT2D eigenvalue weighted by Crippen LogP contribution is 2.34. The Morgan fingerprint density at radius 2 is 1.56 bits per heavy atom. The van der Waals surface area contributed by atoms with Gasteiger partial charge in [0.1, 0.15) is 5.82 Å². The molecular weight excluding hydrogens is 219 g/mol. The van der Waals surface area contributed by atoms with Crippen LogP contribution in [-0.2, 0) is 0 Å². The van der Waals surface area contributed by atoms with Gasteiger partial charge in [-0.15, -0.1) is 11.8 Å². The first-order valence-electron chi connectivity index (χ1n) is 5.23. The zero-order chi connectivity index (χ0) is 11.4. The molecule has 0 aromatic heterocycles. The Bertz CT molecular complexity index is 436. The average molecular weight is 232 g/mol. The van der Waals surface area contributed by atoms with Crippen LogP contribution in [0.1, 0.15) is 17.7 Å². The predicted octanol–water partition coefficient (Wildman–Crippen LogP) is 4.68. The van der Waals surface area contributed by atoms with Gasteiger partial charge in [-0.1, -0.05) is 30.3 Å². The minimum Gasteiger partial charge on any atom is -0.207 e. The van der Waals surface area contributed by atoms with Crippen LogP contribution in [0, 0.1) is 5.82 Å². The van der Waals surface area contributed by atoms with Crippen LogP contribution >= 0.6 is 11.8 Å². The minimum atomic E-state index is -0.180. The van der Waals surface area contributed by atoms with E-state index < -0.39 is 0 Å². The van der Waals surface area contributed by atoms with Crippen molar-refractivity contribution >= 4 is 11.8 Å². The van der Waals surface area contributed by atoms with Crippen molar-refractivity contribution in [1.82, 2.24) is 0 Å². The fourth-order valence-corrected chi connectivity index (χ4v) is 2.52. The van der Waals surface area contributed by atoms with E-state index in [0.717, 1.165) is 5.56 Å². The summed E-state index contributed by atoms with van der Waals surface area (Å²) in [7, 11) is 0. The molecule has 0 spiro atoms. The van der Waals surface area contributed by atoms with Crippen LogP contribution in [0.25, 0.3) is 0 Å². The van der Waals surface area contributed by atoms with E-state index in [1.807, 2.05) is 30.3 Å². The topological polar surface area (TPSA) is 0 Å². The summed E-state index contributed by atoms with van der Waals surface area (Å²) in [4.78, 5) is 1.24. The molecule has 1 atom stereocenters. The molecule has 0 heterocycles. The Kier molecular flexibility index (Phi) is 3.62. The molecule has 2 rings (SSSR count). The minimum absolute atomic E-state index is 0.180. The highest BCUT2D eigenvalue weighted by atomic mass is 32.2. The summed E-state index contributed by atoms with van der Waals surface area (Å²) in [6.07, 6.45) is 0. The molecule has 2 aromatic carbocycles. The first-order chi connectivity index (χ1) is 7.75. The molecule has 0 saturated carbocycles. The Morgan fingerprint density at radius 1 is 0.938 bits per heavy atom. The molecule has 0 fully saturated rings. The number of halogens is 1. The van der Waals surface area contributed by atoms with Gasteiger partial charge in [-0.3, -0.25) is 0 Å². The number of thioether (sulfide) groups is 1. The van der Waals surface area contributed by atoms with Gasteiger partial charge in [0.05, 0.1) is 0 Å². The third-order valence-corrected chi connectivity index (χ3v) is 3.57. The van der Waals surface area contributed by atoms with Gasteiger partial charge in [0.15, 0.2) is 0 Å². The van der Waals surface area contributed by atoms with Gasteiger partial charge in [0.25, 0.3) is 0 Å². The van der Waals surface area contributed by atoms with Gasteiger partial charge in [0, 0.05) is 10.1 Å². The molecule has 0 amide bonds. The second kappa shape index (κ2) is 5.17. The molecule has 0 bridgehead atoms.